The van der Waals surface area contributed by atoms with Crippen molar-refractivity contribution in [3.8, 4) is 5.75 Å². The molecule has 1 unspecified atom stereocenters. The lowest BCUT2D eigenvalue weighted by Crippen LogP contribution is -2.49. The van der Waals surface area contributed by atoms with E-state index < -0.39 is 6.04 Å². The molecule has 0 spiro atoms. The van der Waals surface area contributed by atoms with Gasteiger partial charge in [0.05, 0.1) is 13.7 Å². The van der Waals surface area contributed by atoms with Gasteiger partial charge in [-0.15, -0.1) is 0 Å². The number of hydrogen-bond acceptors (Lipinski definition) is 8. The number of ether oxygens (including phenoxy) is 1. The van der Waals surface area contributed by atoms with Gasteiger partial charge in [0.15, 0.2) is 0 Å². The summed E-state index contributed by atoms with van der Waals surface area (Å²) in [5.74, 6) is 0.817. The van der Waals surface area contributed by atoms with Crippen molar-refractivity contribution in [2.45, 2.75) is 25.4 Å². The number of fused-ring (bicyclic) bond motifs is 1. The molecule has 2 aliphatic rings. The van der Waals surface area contributed by atoms with E-state index in [4.69, 9.17) is 4.74 Å². The lowest BCUT2D eigenvalue weighted by Gasteiger charge is -2.31. The third-order valence-corrected chi connectivity index (χ3v) is 6.40. The van der Waals surface area contributed by atoms with Crippen molar-refractivity contribution in [1.82, 2.24) is 20.2 Å². The monoisotopic (exact) mass is 513 g/mol. The Hall–Kier alpha value is -4.93. The van der Waals surface area contributed by atoms with Crippen LogP contribution in [0.3, 0.4) is 0 Å². The summed E-state index contributed by atoms with van der Waals surface area (Å²) < 4.78 is 5.16. The number of methoxy groups -OCH3 is 1. The number of benzene rings is 2. The van der Waals surface area contributed by atoms with Crippen LogP contribution in [0.1, 0.15) is 28.8 Å². The largest absolute Gasteiger partial charge is 0.497 e. The normalized spacial score (nSPS) is 16.5. The van der Waals surface area contributed by atoms with Gasteiger partial charge in [0, 0.05) is 40.9 Å². The van der Waals surface area contributed by atoms with Crippen LogP contribution >= 0.6 is 0 Å². The van der Waals surface area contributed by atoms with Crippen LogP contribution in [-0.4, -0.2) is 52.3 Å². The Kier molecular flexibility index (Phi) is 6.90. The average Bonchev–Trinajstić information content (AvgIpc) is 3.25. The van der Waals surface area contributed by atoms with E-state index in [1.165, 1.54) is 0 Å². The fourth-order valence-corrected chi connectivity index (χ4v) is 4.47. The highest BCUT2D eigenvalue weighted by Crippen LogP contribution is 2.32. The predicted molar refractivity (Wildman–Crippen MR) is 142 cm³/mol. The molecular formula is C27H27N7O4. The first kappa shape index (κ1) is 24.8. The Morgan fingerprint density at radius 2 is 2.00 bits per heavy atom. The molecule has 1 fully saturated rings. The number of hydrogen-bond donors (Lipinski definition) is 4. The van der Waals surface area contributed by atoms with Gasteiger partial charge in [0.25, 0.3) is 5.91 Å². The molecule has 2 aliphatic heterocycles. The third-order valence-electron chi connectivity index (χ3n) is 6.40. The zero-order chi connectivity index (χ0) is 26.6. The van der Waals surface area contributed by atoms with Crippen molar-refractivity contribution in [1.29, 1.82) is 0 Å². The highest BCUT2D eigenvalue weighted by atomic mass is 16.5. The van der Waals surface area contributed by atoms with E-state index in [0.29, 0.717) is 47.1 Å². The fraction of sp³-hybridized carbons (Fsp3) is 0.222. The second-order valence-electron chi connectivity index (χ2n) is 8.93. The summed E-state index contributed by atoms with van der Waals surface area (Å²) in [5, 5.41) is 11.7. The van der Waals surface area contributed by atoms with Crippen LogP contribution in [0.2, 0.25) is 0 Å². The molecule has 3 amide bonds. The predicted octanol–water partition coefficient (Wildman–Crippen LogP) is 3.03. The number of anilines is 4. The van der Waals surface area contributed by atoms with E-state index >= 15 is 0 Å². The first-order valence-corrected chi connectivity index (χ1v) is 12.1. The molecule has 0 aliphatic carbocycles. The van der Waals surface area contributed by atoms with Gasteiger partial charge in [0.2, 0.25) is 17.8 Å². The highest BCUT2D eigenvalue weighted by molar-refractivity contribution is 6.04. The van der Waals surface area contributed by atoms with E-state index in [0.717, 1.165) is 11.4 Å². The van der Waals surface area contributed by atoms with Crippen molar-refractivity contribution < 1.29 is 19.1 Å². The summed E-state index contributed by atoms with van der Waals surface area (Å²) >= 11 is 0. The number of rotatable bonds is 8. The number of carbonyl (C=O) groups is 3. The third kappa shape index (κ3) is 5.26. The minimum atomic E-state index is -0.566. The van der Waals surface area contributed by atoms with Crippen molar-refractivity contribution >= 4 is 40.9 Å². The van der Waals surface area contributed by atoms with Gasteiger partial charge in [-0.2, -0.15) is 4.98 Å². The molecule has 38 heavy (non-hydrogen) atoms. The lowest BCUT2D eigenvalue weighted by atomic mass is 10.0. The number of piperidine rings is 1. The topological polar surface area (TPSA) is 138 Å². The van der Waals surface area contributed by atoms with Crippen LogP contribution in [0.5, 0.6) is 5.75 Å². The average molecular weight is 514 g/mol. The van der Waals surface area contributed by atoms with Crippen LogP contribution in [-0.2, 0) is 16.1 Å². The minimum absolute atomic E-state index is 0.0482. The number of allylic oxidation sites excluding steroid dienone is 1. The standard InChI is InChI=1S/C27H27N7O4/c1-16-6-11-22(25(36)30-16)34-15-20-19(26(34)37)4-3-5-21(20)32-24(35)14-29-23-12-13-28-27(33-23)31-17-7-9-18(38-2)10-8-17/h3-5,7-10,12-13,22H,1,6,11,14-15H2,2H3,(H,30,36)(H,32,35)(H2,28,29,31,33). The quantitative estimate of drug-likeness (QED) is 0.361. The number of nitrogens with zero attached hydrogens (tertiary/aromatic N) is 3. The maximum Gasteiger partial charge on any atom is 0.255 e. The van der Waals surface area contributed by atoms with Crippen molar-refractivity contribution in [2.24, 2.45) is 0 Å². The van der Waals surface area contributed by atoms with E-state index in [1.54, 1.807) is 42.5 Å². The van der Waals surface area contributed by atoms with Crippen LogP contribution < -0.4 is 26.0 Å². The molecule has 4 N–H and O–H groups in total. The Bertz CT molecular complexity index is 1410. The van der Waals surface area contributed by atoms with Crippen LogP contribution in [0.25, 0.3) is 0 Å². The van der Waals surface area contributed by atoms with Crippen molar-refractivity contribution in [3.63, 3.8) is 0 Å². The fourth-order valence-electron chi connectivity index (χ4n) is 4.47. The van der Waals surface area contributed by atoms with Gasteiger partial charge in [-0.1, -0.05) is 12.6 Å². The molecule has 194 valence electrons. The summed E-state index contributed by atoms with van der Waals surface area (Å²) in [5.41, 5.74) is 3.16. The van der Waals surface area contributed by atoms with Gasteiger partial charge in [-0.05, 0) is 55.3 Å². The molecule has 11 nitrogen and oxygen atoms in total. The minimum Gasteiger partial charge on any atom is -0.497 e. The first-order valence-electron chi connectivity index (χ1n) is 12.1. The molecule has 1 aromatic heterocycles. The molecule has 0 radical (unpaired) electrons. The van der Waals surface area contributed by atoms with Crippen molar-refractivity contribution in [2.75, 3.05) is 29.6 Å². The maximum absolute atomic E-state index is 13.0. The summed E-state index contributed by atoms with van der Waals surface area (Å²) in [6, 6.07) is 13.6. The van der Waals surface area contributed by atoms with Crippen LogP contribution in [0.15, 0.2) is 67.0 Å². The first-order chi connectivity index (χ1) is 18.4. The Balaban J connectivity index is 1.20. The van der Waals surface area contributed by atoms with Gasteiger partial charge in [0.1, 0.15) is 17.6 Å². The van der Waals surface area contributed by atoms with Gasteiger partial charge in [-0.25, -0.2) is 4.98 Å². The molecule has 1 saturated heterocycles. The van der Waals surface area contributed by atoms with E-state index in [2.05, 4.69) is 37.8 Å². The molecule has 5 rings (SSSR count). The highest BCUT2D eigenvalue weighted by Gasteiger charge is 2.39. The SMILES string of the molecule is C=C1CCC(N2Cc3c(NC(=O)CNc4ccnc(Nc5ccc(OC)cc5)n4)cccc3C2=O)C(=O)N1. The second-order valence-corrected chi connectivity index (χ2v) is 8.93. The summed E-state index contributed by atoms with van der Waals surface area (Å²) in [7, 11) is 1.60. The van der Waals surface area contributed by atoms with Gasteiger partial charge >= 0.3 is 0 Å². The summed E-state index contributed by atoms with van der Waals surface area (Å²) in [6.07, 6.45) is 2.72. The molecule has 11 heteroatoms. The number of nitrogens with one attached hydrogen (secondary N) is 4. The van der Waals surface area contributed by atoms with E-state index in [1.807, 2.05) is 24.3 Å². The van der Waals surface area contributed by atoms with E-state index in [-0.39, 0.29) is 30.8 Å². The lowest BCUT2D eigenvalue weighted by molar-refractivity contribution is -0.126. The molecule has 3 aromatic rings. The smallest absolute Gasteiger partial charge is 0.255 e. The Morgan fingerprint density at radius 1 is 1.18 bits per heavy atom. The molecule has 3 heterocycles. The zero-order valence-corrected chi connectivity index (χ0v) is 20.8. The number of aromatic nitrogens is 2. The Labute approximate surface area is 219 Å². The van der Waals surface area contributed by atoms with Gasteiger partial charge in [-0.3, -0.25) is 14.4 Å². The van der Waals surface area contributed by atoms with Crippen molar-refractivity contribution in [3.05, 3.63) is 78.1 Å². The Morgan fingerprint density at radius 3 is 2.76 bits per heavy atom. The zero-order valence-electron chi connectivity index (χ0n) is 20.8. The summed E-state index contributed by atoms with van der Waals surface area (Å²) in [4.78, 5) is 48.4. The van der Waals surface area contributed by atoms with Gasteiger partial charge < -0.3 is 30.9 Å². The summed E-state index contributed by atoms with van der Waals surface area (Å²) in [6.45, 7) is 3.99. The molecule has 0 saturated carbocycles. The second kappa shape index (κ2) is 10.6. The number of carbonyl (C=O) groups excluding carboxylic acids is 3. The molecule has 1 atom stereocenters. The molecule has 2 aromatic carbocycles. The van der Waals surface area contributed by atoms with E-state index in [9.17, 15) is 14.4 Å². The van der Waals surface area contributed by atoms with Crippen LogP contribution in [0, 0.1) is 0 Å². The maximum atomic E-state index is 13.0. The molecule has 0 bridgehead atoms. The molecular weight excluding hydrogens is 486 g/mol. The van der Waals surface area contributed by atoms with Crippen LogP contribution in [0.4, 0.5) is 23.1 Å². The number of amides is 3.